The predicted octanol–water partition coefficient (Wildman–Crippen LogP) is 0.922. The Bertz CT molecular complexity index is 813. The van der Waals surface area contributed by atoms with Crippen LogP contribution in [-0.2, 0) is 21.3 Å². The normalized spacial score (nSPS) is 11.7. The number of rotatable bonds is 8. The number of amides is 1. The largest absolute Gasteiger partial charge is 0.455 e. The highest BCUT2D eigenvalue weighted by atomic mass is 35.5. The molecule has 0 bridgehead atoms. The molecule has 0 spiro atoms. The Morgan fingerprint density at radius 2 is 1.80 bits per heavy atom. The fraction of sp³-hybridized carbons (Fsp3) is 0.353. The maximum absolute atomic E-state index is 12.3. The number of quaternary nitrogens is 1. The van der Waals surface area contributed by atoms with Gasteiger partial charge in [-0.15, -0.1) is 0 Å². The van der Waals surface area contributed by atoms with Crippen molar-refractivity contribution >= 4 is 27.3 Å². The number of sulfone groups is 1. The van der Waals surface area contributed by atoms with E-state index in [1.807, 2.05) is 14.1 Å². The van der Waals surface area contributed by atoms with Crippen LogP contribution in [0.1, 0.15) is 21.9 Å². The van der Waals surface area contributed by atoms with E-state index in [4.69, 9.17) is 16.0 Å². The molecule has 0 unspecified atom stereocenters. The number of benzene rings is 1. The van der Waals surface area contributed by atoms with E-state index in [1.54, 1.807) is 24.3 Å². The summed E-state index contributed by atoms with van der Waals surface area (Å²) in [7, 11) is 0.565. The van der Waals surface area contributed by atoms with Gasteiger partial charge in [0.25, 0.3) is 5.91 Å². The number of likely N-dealkylation sites (N-methyl/N-ethyl adjacent to an activating group) is 1. The van der Waals surface area contributed by atoms with Crippen LogP contribution in [-0.4, -0.2) is 41.5 Å². The lowest BCUT2D eigenvalue weighted by Crippen LogP contribution is -3.06. The zero-order valence-corrected chi connectivity index (χ0v) is 15.8. The number of nitrogens with one attached hydrogen (secondary N) is 2. The van der Waals surface area contributed by atoms with E-state index in [1.165, 1.54) is 17.0 Å². The van der Waals surface area contributed by atoms with Gasteiger partial charge in [0.05, 0.1) is 32.9 Å². The van der Waals surface area contributed by atoms with Crippen molar-refractivity contribution in [3.8, 4) is 0 Å². The highest BCUT2D eigenvalue weighted by molar-refractivity contribution is 7.89. The van der Waals surface area contributed by atoms with Crippen LogP contribution in [0.4, 0.5) is 0 Å². The lowest BCUT2D eigenvalue weighted by Gasteiger charge is -2.07. The first kappa shape index (κ1) is 19.5. The monoisotopic (exact) mass is 385 g/mol. The molecule has 0 saturated heterocycles. The average molecular weight is 386 g/mol. The number of hydrogen-bond donors (Lipinski definition) is 2. The third kappa shape index (κ3) is 6.53. The van der Waals surface area contributed by atoms with Crippen molar-refractivity contribution in [3.63, 3.8) is 0 Å². The quantitative estimate of drug-likeness (QED) is 0.708. The number of halogens is 1. The summed E-state index contributed by atoms with van der Waals surface area (Å²) in [4.78, 5) is 13.2. The zero-order valence-electron chi connectivity index (χ0n) is 14.2. The van der Waals surface area contributed by atoms with Crippen molar-refractivity contribution in [2.45, 2.75) is 11.5 Å². The van der Waals surface area contributed by atoms with Crippen LogP contribution >= 0.6 is 11.6 Å². The molecule has 0 saturated carbocycles. The van der Waals surface area contributed by atoms with E-state index in [2.05, 4.69) is 5.32 Å². The van der Waals surface area contributed by atoms with E-state index in [0.717, 1.165) is 6.54 Å². The minimum absolute atomic E-state index is 0.113. The minimum atomic E-state index is -3.41. The molecule has 0 fully saturated rings. The topological polar surface area (TPSA) is 80.8 Å². The Labute approximate surface area is 152 Å². The highest BCUT2D eigenvalue weighted by Crippen LogP contribution is 2.17. The van der Waals surface area contributed by atoms with Gasteiger partial charge < -0.3 is 14.6 Å². The fourth-order valence-electron chi connectivity index (χ4n) is 2.19. The first-order valence-corrected chi connectivity index (χ1v) is 10.1. The first-order valence-electron chi connectivity index (χ1n) is 7.86. The van der Waals surface area contributed by atoms with Crippen molar-refractivity contribution in [1.82, 2.24) is 5.32 Å². The van der Waals surface area contributed by atoms with E-state index >= 15 is 0 Å². The van der Waals surface area contributed by atoms with Crippen LogP contribution in [0.3, 0.4) is 0 Å². The molecule has 0 aliphatic carbocycles. The minimum Gasteiger partial charge on any atom is -0.455 e. The molecule has 8 heteroatoms. The molecule has 1 aromatic carbocycles. The molecule has 1 heterocycles. The molecule has 2 rings (SSSR count). The second-order valence-electron chi connectivity index (χ2n) is 6.14. The Morgan fingerprint density at radius 1 is 1.12 bits per heavy atom. The summed E-state index contributed by atoms with van der Waals surface area (Å²) in [6.45, 7) is 1.31. The van der Waals surface area contributed by atoms with Gasteiger partial charge in [0.2, 0.25) is 0 Å². The summed E-state index contributed by atoms with van der Waals surface area (Å²) in [6, 6.07) is 9.66. The smallest absolute Gasteiger partial charge is 0.287 e. The molecule has 0 radical (unpaired) electrons. The van der Waals surface area contributed by atoms with Crippen LogP contribution in [0, 0.1) is 0 Å². The van der Waals surface area contributed by atoms with Crippen molar-refractivity contribution in [1.29, 1.82) is 0 Å². The molecular formula is C17H22ClN2O4S+. The van der Waals surface area contributed by atoms with Gasteiger partial charge in [-0.3, -0.25) is 4.79 Å². The molecule has 0 aliphatic heterocycles. The summed E-state index contributed by atoms with van der Waals surface area (Å²) < 4.78 is 29.9. The number of carbonyl (C=O) groups excluding carboxylic acids is 1. The standard InChI is InChI=1S/C17H21ClN2O4S/c1-20(2)10-9-19-17(21)16-8-7-15(24-16)12-25(22,23)11-13-3-5-14(18)6-4-13/h3-8H,9-12H2,1-2H3,(H,19,21)/p+1. The first-order chi connectivity index (χ1) is 11.7. The van der Waals surface area contributed by atoms with Crippen molar-refractivity contribution in [3.05, 3.63) is 58.5 Å². The molecule has 0 aliphatic rings. The molecule has 2 N–H and O–H groups in total. The van der Waals surface area contributed by atoms with Gasteiger partial charge in [0.15, 0.2) is 15.6 Å². The Balaban J connectivity index is 1.95. The lowest BCUT2D eigenvalue weighted by atomic mass is 10.2. The third-order valence-electron chi connectivity index (χ3n) is 3.46. The zero-order chi connectivity index (χ0) is 18.4. The van der Waals surface area contributed by atoms with Gasteiger partial charge >= 0.3 is 0 Å². The van der Waals surface area contributed by atoms with Crippen LogP contribution in [0.25, 0.3) is 0 Å². The molecule has 6 nitrogen and oxygen atoms in total. The molecular weight excluding hydrogens is 364 g/mol. The van der Waals surface area contributed by atoms with Crippen LogP contribution in [0.15, 0.2) is 40.8 Å². The summed E-state index contributed by atoms with van der Waals surface area (Å²) in [5, 5.41) is 3.29. The van der Waals surface area contributed by atoms with Crippen LogP contribution in [0.2, 0.25) is 5.02 Å². The molecule has 1 aromatic heterocycles. The summed E-state index contributed by atoms with van der Waals surface area (Å²) in [5.74, 6) is -0.353. The maximum atomic E-state index is 12.3. The fourth-order valence-corrected chi connectivity index (χ4v) is 3.71. The second kappa shape index (κ2) is 8.51. The Hall–Kier alpha value is -1.83. The highest BCUT2D eigenvalue weighted by Gasteiger charge is 2.18. The van der Waals surface area contributed by atoms with Gasteiger partial charge in [-0.25, -0.2) is 8.42 Å². The van der Waals surface area contributed by atoms with E-state index in [-0.39, 0.29) is 28.9 Å². The SMILES string of the molecule is C[NH+](C)CCNC(=O)c1ccc(CS(=O)(=O)Cc2ccc(Cl)cc2)o1. The van der Waals surface area contributed by atoms with E-state index in [9.17, 15) is 13.2 Å². The molecule has 0 atom stereocenters. The van der Waals surface area contributed by atoms with E-state index < -0.39 is 9.84 Å². The van der Waals surface area contributed by atoms with E-state index in [0.29, 0.717) is 17.1 Å². The van der Waals surface area contributed by atoms with Gasteiger partial charge in [-0.05, 0) is 29.8 Å². The predicted molar refractivity (Wildman–Crippen MR) is 96.5 cm³/mol. The summed E-state index contributed by atoms with van der Waals surface area (Å²) in [5.41, 5.74) is 0.653. The number of hydrogen-bond acceptors (Lipinski definition) is 4. The maximum Gasteiger partial charge on any atom is 0.287 e. The lowest BCUT2D eigenvalue weighted by molar-refractivity contribution is -0.856. The van der Waals surface area contributed by atoms with Crippen molar-refractivity contribution < 1.29 is 22.5 Å². The molecule has 1 amide bonds. The average Bonchev–Trinajstić information content (AvgIpc) is 2.96. The second-order valence-corrected chi connectivity index (χ2v) is 8.64. The van der Waals surface area contributed by atoms with Gasteiger partial charge in [-0.2, -0.15) is 0 Å². The van der Waals surface area contributed by atoms with Gasteiger partial charge in [-0.1, -0.05) is 23.7 Å². The number of furan rings is 1. The van der Waals surface area contributed by atoms with Crippen molar-refractivity contribution in [2.75, 3.05) is 27.2 Å². The summed E-state index contributed by atoms with van der Waals surface area (Å²) >= 11 is 5.79. The van der Waals surface area contributed by atoms with Gasteiger partial charge in [0, 0.05) is 5.02 Å². The number of carbonyl (C=O) groups is 1. The molecule has 25 heavy (non-hydrogen) atoms. The molecule has 2 aromatic rings. The Morgan fingerprint density at radius 3 is 2.44 bits per heavy atom. The van der Waals surface area contributed by atoms with Crippen LogP contribution in [0.5, 0.6) is 0 Å². The third-order valence-corrected chi connectivity index (χ3v) is 5.21. The Kier molecular flexibility index (Phi) is 6.64. The van der Waals surface area contributed by atoms with Crippen molar-refractivity contribution in [2.24, 2.45) is 0 Å². The summed E-state index contributed by atoms with van der Waals surface area (Å²) in [6.07, 6.45) is 0. The molecule has 136 valence electrons. The van der Waals surface area contributed by atoms with Gasteiger partial charge in [0.1, 0.15) is 11.5 Å². The van der Waals surface area contributed by atoms with Crippen LogP contribution < -0.4 is 10.2 Å².